The normalized spacial score (nSPS) is 16.4. The second-order valence-electron chi connectivity index (χ2n) is 4.27. The van der Waals surface area contributed by atoms with E-state index in [9.17, 15) is 0 Å². The van der Waals surface area contributed by atoms with Crippen LogP contribution >= 0.6 is 15.9 Å². The minimum Gasteiger partial charge on any atom is -0.369 e. The van der Waals surface area contributed by atoms with Gasteiger partial charge in [0.15, 0.2) is 0 Å². The summed E-state index contributed by atoms with van der Waals surface area (Å²) in [4.78, 5) is 6.80. The number of halogens is 1. The summed E-state index contributed by atoms with van der Waals surface area (Å²) in [6, 6.07) is 8.60. The molecule has 3 rings (SSSR count). The molecule has 0 aliphatic carbocycles. The summed E-state index contributed by atoms with van der Waals surface area (Å²) in [5, 5.41) is 4.56. The largest absolute Gasteiger partial charge is 0.369 e. The Kier molecular flexibility index (Phi) is 2.99. The maximum absolute atomic E-state index is 4.39. The molecule has 0 bridgehead atoms. The summed E-state index contributed by atoms with van der Waals surface area (Å²) >= 11 is 3.47. The number of pyridine rings is 1. The molecule has 0 atom stereocenters. The van der Waals surface area contributed by atoms with Gasteiger partial charge in [-0.2, -0.15) is 0 Å². The lowest BCUT2D eigenvalue weighted by molar-refractivity contribution is 0.589. The van der Waals surface area contributed by atoms with Crippen molar-refractivity contribution < 1.29 is 0 Å². The fraction of sp³-hybridized carbons (Fsp3) is 0.308. The highest BCUT2D eigenvalue weighted by atomic mass is 79.9. The minimum absolute atomic E-state index is 1.03. The van der Waals surface area contributed by atoms with Gasteiger partial charge in [-0.05, 0) is 40.2 Å². The van der Waals surface area contributed by atoms with Crippen molar-refractivity contribution in [3.8, 4) is 0 Å². The molecule has 1 aromatic carbocycles. The molecule has 88 valence electrons. The molecule has 0 saturated carbocycles. The fourth-order valence-electron chi connectivity index (χ4n) is 2.21. The molecule has 0 radical (unpaired) electrons. The smallest absolute Gasteiger partial charge is 0.0704 e. The number of anilines is 1. The third kappa shape index (κ3) is 2.28. The standard InChI is InChI=1S/C13H14BrN3/c14-11-7-10-8-12(1-2-13(10)16-9-11)17-5-3-15-4-6-17/h1-2,7-9,15H,3-6H2. The van der Waals surface area contributed by atoms with Crippen LogP contribution in [0.25, 0.3) is 10.9 Å². The van der Waals surface area contributed by atoms with Crippen LogP contribution < -0.4 is 10.2 Å². The maximum atomic E-state index is 4.39. The lowest BCUT2D eigenvalue weighted by Gasteiger charge is -2.29. The number of benzene rings is 1. The van der Waals surface area contributed by atoms with Crippen LogP contribution in [-0.2, 0) is 0 Å². The maximum Gasteiger partial charge on any atom is 0.0704 e. The summed E-state index contributed by atoms with van der Waals surface area (Å²) in [6.45, 7) is 4.28. The first kappa shape index (κ1) is 11.0. The van der Waals surface area contributed by atoms with Crippen LogP contribution in [0.1, 0.15) is 0 Å². The van der Waals surface area contributed by atoms with Gasteiger partial charge in [0.1, 0.15) is 0 Å². The van der Waals surface area contributed by atoms with Gasteiger partial charge in [-0.1, -0.05) is 0 Å². The Morgan fingerprint density at radius 1 is 1.18 bits per heavy atom. The number of aromatic nitrogens is 1. The van der Waals surface area contributed by atoms with Gasteiger partial charge in [0, 0.05) is 47.9 Å². The monoisotopic (exact) mass is 291 g/mol. The van der Waals surface area contributed by atoms with Gasteiger partial charge in [0.25, 0.3) is 0 Å². The van der Waals surface area contributed by atoms with Crippen LogP contribution in [0.3, 0.4) is 0 Å². The number of nitrogens with zero attached hydrogens (tertiary/aromatic N) is 2. The predicted octanol–water partition coefficient (Wildman–Crippen LogP) is 2.41. The number of hydrogen-bond acceptors (Lipinski definition) is 3. The van der Waals surface area contributed by atoms with Crippen molar-refractivity contribution >= 4 is 32.5 Å². The Balaban J connectivity index is 1.99. The van der Waals surface area contributed by atoms with Gasteiger partial charge in [0.2, 0.25) is 0 Å². The van der Waals surface area contributed by atoms with Crippen LogP contribution in [0, 0.1) is 0 Å². The molecule has 2 aromatic rings. The lowest BCUT2D eigenvalue weighted by Crippen LogP contribution is -2.43. The van der Waals surface area contributed by atoms with Crippen LogP contribution in [0.4, 0.5) is 5.69 Å². The molecule has 1 fully saturated rings. The molecular weight excluding hydrogens is 278 g/mol. The second kappa shape index (κ2) is 4.63. The quantitative estimate of drug-likeness (QED) is 0.875. The van der Waals surface area contributed by atoms with Crippen molar-refractivity contribution in [3.05, 3.63) is 34.9 Å². The van der Waals surface area contributed by atoms with E-state index in [1.54, 1.807) is 0 Å². The average molecular weight is 292 g/mol. The van der Waals surface area contributed by atoms with E-state index in [1.807, 2.05) is 6.20 Å². The van der Waals surface area contributed by atoms with E-state index in [2.05, 4.69) is 55.4 Å². The molecule has 1 saturated heterocycles. The van der Waals surface area contributed by atoms with Crippen molar-refractivity contribution in [1.82, 2.24) is 10.3 Å². The summed E-state index contributed by atoms with van der Waals surface area (Å²) < 4.78 is 1.03. The summed E-state index contributed by atoms with van der Waals surface area (Å²) in [5.74, 6) is 0. The molecule has 3 nitrogen and oxygen atoms in total. The fourth-order valence-corrected chi connectivity index (χ4v) is 2.56. The first-order chi connectivity index (χ1) is 8.33. The molecular formula is C13H14BrN3. The first-order valence-electron chi connectivity index (χ1n) is 5.84. The highest BCUT2D eigenvalue weighted by molar-refractivity contribution is 9.10. The average Bonchev–Trinajstić information content (AvgIpc) is 2.39. The summed E-state index contributed by atoms with van der Waals surface area (Å²) in [5.41, 5.74) is 2.34. The van der Waals surface area contributed by atoms with Crippen molar-refractivity contribution in [2.24, 2.45) is 0 Å². The molecule has 1 N–H and O–H groups in total. The predicted molar refractivity (Wildman–Crippen MR) is 74.5 cm³/mol. The van der Waals surface area contributed by atoms with Gasteiger partial charge >= 0.3 is 0 Å². The molecule has 1 aromatic heterocycles. The Morgan fingerprint density at radius 3 is 2.82 bits per heavy atom. The highest BCUT2D eigenvalue weighted by Crippen LogP contribution is 2.23. The number of rotatable bonds is 1. The first-order valence-corrected chi connectivity index (χ1v) is 6.63. The van der Waals surface area contributed by atoms with Gasteiger partial charge in [-0.15, -0.1) is 0 Å². The van der Waals surface area contributed by atoms with E-state index >= 15 is 0 Å². The van der Waals surface area contributed by atoms with Crippen LogP contribution in [0.5, 0.6) is 0 Å². The number of nitrogens with one attached hydrogen (secondary N) is 1. The second-order valence-corrected chi connectivity index (χ2v) is 5.18. The lowest BCUT2D eigenvalue weighted by atomic mass is 10.2. The van der Waals surface area contributed by atoms with Gasteiger partial charge in [-0.25, -0.2) is 0 Å². The third-order valence-electron chi connectivity index (χ3n) is 3.11. The zero-order valence-electron chi connectivity index (χ0n) is 9.49. The van der Waals surface area contributed by atoms with Crippen LogP contribution in [-0.4, -0.2) is 31.2 Å². The number of fused-ring (bicyclic) bond motifs is 1. The van der Waals surface area contributed by atoms with Crippen molar-refractivity contribution in [2.45, 2.75) is 0 Å². The molecule has 0 unspecified atom stereocenters. The van der Waals surface area contributed by atoms with E-state index in [0.717, 1.165) is 36.2 Å². The molecule has 2 heterocycles. The minimum atomic E-state index is 1.03. The summed E-state index contributed by atoms with van der Waals surface area (Å²) in [6.07, 6.45) is 1.84. The topological polar surface area (TPSA) is 28.2 Å². The molecule has 0 amide bonds. The van der Waals surface area contributed by atoms with Crippen molar-refractivity contribution in [1.29, 1.82) is 0 Å². The molecule has 0 spiro atoms. The molecule has 1 aliphatic rings. The van der Waals surface area contributed by atoms with E-state index < -0.39 is 0 Å². The Labute approximate surface area is 109 Å². The summed E-state index contributed by atoms with van der Waals surface area (Å²) in [7, 11) is 0. The number of hydrogen-bond donors (Lipinski definition) is 1. The Bertz CT molecular complexity index is 535. The Morgan fingerprint density at radius 2 is 2.00 bits per heavy atom. The molecule has 1 aliphatic heterocycles. The van der Waals surface area contributed by atoms with Gasteiger partial charge < -0.3 is 10.2 Å². The van der Waals surface area contributed by atoms with Crippen molar-refractivity contribution in [2.75, 3.05) is 31.1 Å². The Hall–Kier alpha value is -1.13. The molecule has 4 heteroatoms. The van der Waals surface area contributed by atoms with E-state index in [1.165, 1.54) is 11.1 Å². The SMILES string of the molecule is Brc1cnc2ccc(N3CCNCC3)cc2c1. The van der Waals surface area contributed by atoms with Crippen LogP contribution in [0.2, 0.25) is 0 Å². The third-order valence-corrected chi connectivity index (χ3v) is 3.55. The van der Waals surface area contributed by atoms with Gasteiger partial charge in [0.05, 0.1) is 5.52 Å². The number of piperazine rings is 1. The zero-order valence-corrected chi connectivity index (χ0v) is 11.1. The van der Waals surface area contributed by atoms with E-state index in [4.69, 9.17) is 0 Å². The zero-order chi connectivity index (χ0) is 11.7. The van der Waals surface area contributed by atoms with E-state index in [-0.39, 0.29) is 0 Å². The highest BCUT2D eigenvalue weighted by Gasteiger charge is 2.10. The molecule has 17 heavy (non-hydrogen) atoms. The van der Waals surface area contributed by atoms with E-state index in [0.29, 0.717) is 0 Å². The van der Waals surface area contributed by atoms with Crippen molar-refractivity contribution in [3.63, 3.8) is 0 Å². The van der Waals surface area contributed by atoms with Gasteiger partial charge in [-0.3, -0.25) is 4.98 Å². The van der Waals surface area contributed by atoms with Crippen LogP contribution in [0.15, 0.2) is 34.9 Å².